The molecule has 25 heavy (non-hydrogen) atoms. The number of aromatic carboxylic acids is 1. The summed E-state index contributed by atoms with van der Waals surface area (Å²) in [6, 6.07) is 21.0. The molecule has 0 atom stereocenters. The lowest BCUT2D eigenvalue weighted by Gasteiger charge is -2.06. The van der Waals surface area contributed by atoms with Crippen LogP contribution < -0.4 is 10.4 Å². The summed E-state index contributed by atoms with van der Waals surface area (Å²) < 4.78 is 0. The van der Waals surface area contributed by atoms with Crippen molar-refractivity contribution in [2.45, 2.75) is 0 Å². The minimum atomic E-state index is -1.19. The molecular formula is C20H13N2O2S-. The molecule has 0 aliphatic carbocycles. The van der Waals surface area contributed by atoms with Gasteiger partial charge in [-0.05, 0) is 34.5 Å². The SMILES string of the molecule is O=C([O-])c1cccc(Nc2nc(-c3ccc4ccccc4c3)cs2)c1. The molecule has 0 aliphatic heterocycles. The van der Waals surface area contributed by atoms with Crippen LogP contribution in [0.2, 0.25) is 0 Å². The van der Waals surface area contributed by atoms with Gasteiger partial charge in [0.25, 0.3) is 0 Å². The molecule has 5 heteroatoms. The summed E-state index contributed by atoms with van der Waals surface area (Å²) in [7, 11) is 0. The minimum absolute atomic E-state index is 0.135. The number of carboxylic acids is 1. The van der Waals surface area contributed by atoms with E-state index in [2.05, 4.69) is 40.6 Å². The number of anilines is 2. The fourth-order valence-corrected chi connectivity index (χ4v) is 3.40. The van der Waals surface area contributed by atoms with Gasteiger partial charge in [-0.25, -0.2) is 4.98 Å². The van der Waals surface area contributed by atoms with Gasteiger partial charge in [0.05, 0.1) is 11.7 Å². The number of rotatable bonds is 4. The van der Waals surface area contributed by atoms with Gasteiger partial charge in [-0.2, -0.15) is 0 Å². The maximum atomic E-state index is 10.9. The number of aromatic nitrogens is 1. The predicted octanol–water partition coefficient (Wildman–Crippen LogP) is 4.07. The number of hydrogen-bond donors (Lipinski definition) is 1. The number of carbonyl (C=O) groups is 1. The Balaban J connectivity index is 1.61. The normalized spacial score (nSPS) is 10.7. The third kappa shape index (κ3) is 3.22. The highest BCUT2D eigenvalue weighted by Gasteiger charge is 2.06. The molecule has 0 saturated heterocycles. The van der Waals surface area contributed by atoms with Crippen molar-refractivity contribution in [3.63, 3.8) is 0 Å². The third-order valence-corrected chi connectivity index (χ3v) is 4.66. The maximum Gasteiger partial charge on any atom is 0.187 e. The van der Waals surface area contributed by atoms with E-state index in [1.807, 2.05) is 17.5 Å². The zero-order valence-electron chi connectivity index (χ0n) is 13.1. The monoisotopic (exact) mass is 345 g/mol. The standard InChI is InChI=1S/C20H14N2O2S/c23-19(24)16-6-3-7-17(11-16)21-20-22-18(12-25-20)15-9-8-13-4-1-2-5-14(13)10-15/h1-12H,(H,21,22)(H,23,24)/p-1. The Hall–Kier alpha value is -3.18. The minimum Gasteiger partial charge on any atom is -0.545 e. The average molecular weight is 345 g/mol. The first-order valence-corrected chi connectivity index (χ1v) is 8.60. The molecule has 0 spiro atoms. The fourth-order valence-electron chi connectivity index (χ4n) is 2.66. The molecule has 0 unspecified atom stereocenters. The van der Waals surface area contributed by atoms with Crippen molar-refractivity contribution in [1.82, 2.24) is 4.98 Å². The van der Waals surface area contributed by atoms with Crippen LogP contribution in [-0.4, -0.2) is 11.0 Å². The summed E-state index contributed by atoms with van der Waals surface area (Å²) >= 11 is 1.47. The van der Waals surface area contributed by atoms with Crippen LogP contribution in [-0.2, 0) is 0 Å². The summed E-state index contributed by atoms with van der Waals surface area (Å²) in [5, 5.41) is 19.1. The van der Waals surface area contributed by atoms with Crippen LogP contribution in [0.1, 0.15) is 10.4 Å². The summed E-state index contributed by atoms with van der Waals surface area (Å²) in [6.07, 6.45) is 0. The van der Waals surface area contributed by atoms with Crippen LogP contribution in [0.5, 0.6) is 0 Å². The smallest absolute Gasteiger partial charge is 0.187 e. The van der Waals surface area contributed by atoms with Gasteiger partial charge in [-0.3, -0.25) is 0 Å². The molecule has 0 radical (unpaired) electrons. The number of nitrogens with one attached hydrogen (secondary N) is 1. The number of carboxylic acid groups (broad SMARTS) is 1. The van der Waals surface area contributed by atoms with E-state index < -0.39 is 5.97 Å². The lowest BCUT2D eigenvalue weighted by Crippen LogP contribution is -2.22. The van der Waals surface area contributed by atoms with Gasteiger partial charge in [0.2, 0.25) is 0 Å². The van der Waals surface area contributed by atoms with Crippen LogP contribution in [0.15, 0.2) is 72.1 Å². The zero-order valence-corrected chi connectivity index (χ0v) is 13.9. The largest absolute Gasteiger partial charge is 0.545 e. The summed E-state index contributed by atoms with van der Waals surface area (Å²) in [4.78, 5) is 15.6. The first kappa shape index (κ1) is 15.4. The van der Waals surface area contributed by atoms with Crippen molar-refractivity contribution < 1.29 is 9.90 Å². The van der Waals surface area contributed by atoms with E-state index in [0.29, 0.717) is 10.8 Å². The molecule has 122 valence electrons. The number of thiazole rings is 1. The highest BCUT2D eigenvalue weighted by Crippen LogP contribution is 2.29. The van der Waals surface area contributed by atoms with Gasteiger partial charge in [0.1, 0.15) is 0 Å². The van der Waals surface area contributed by atoms with Crippen molar-refractivity contribution in [3.8, 4) is 11.3 Å². The van der Waals surface area contributed by atoms with Crippen molar-refractivity contribution in [3.05, 3.63) is 77.7 Å². The summed E-state index contributed by atoms with van der Waals surface area (Å²) in [5.74, 6) is -1.19. The number of nitrogens with zero attached hydrogens (tertiary/aromatic N) is 1. The van der Waals surface area contributed by atoms with Crippen LogP contribution in [0.3, 0.4) is 0 Å². The molecular weight excluding hydrogens is 332 g/mol. The predicted molar refractivity (Wildman–Crippen MR) is 99.1 cm³/mol. The number of benzene rings is 3. The molecule has 3 aromatic carbocycles. The Labute approximate surface area is 148 Å². The van der Waals surface area contributed by atoms with Crippen LogP contribution in [0.4, 0.5) is 10.8 Å². The molecule has 4 nitrogen and oxygen atoms in total. The molecule has 1 N–H and O–H groups in total. The Morgan fingerprint density at radius 3 is 2.64 bits per heavy atom. The quantitative estimate of drug-likeness (QED) is 0.605. The van der Waals surface area contributed by atoms with Gasteiger partial charge < -0.3 is 15.2 Å². The lowest BCUT2D eigenvalue weighted by atomic mass is 10.1. The van der Waals surface area contributed by atoms with Gasteiger partial charge in [0.15, 0.2) is 5.13 Å². The second kappa shape index (κ2) is 6.37. The van der Waals surface area contributed by atoms with Crippen molar-refractivity contribution in [2.75, 3.05) is 5.32 Å². The summed E-state index contributed by atoms with van der Waals surface area (Å²) in [5.41, 5.74) is 2.73. The van der Waals surface area contributed by atoms with E-state index in [4.69, 9.17) is 0 Å². The van der Waals surface area contributed by atoms with Crippen molar-refractivity contribution in [2.24, 2.45) is 0 Å². The Bertz CT molecular complexity index is 1070. The van der Waals surface area contributed by atoms with Gasteiger partial charge in [-0.1, -0.05) is 48.5 Å². The highest BCUT2D eigenvalue weighted by atomic mass is 32.1. The van der Waals surface area contributed by atoms with E-state index in [1.54, 1.807) is 12.1 Å². The maximum absolute atomic E-state index is 10.9. The average Bonchev–Trinajstić information content (AvgIpc) is 3.10. The zero-order chi connectivity index (χ0) is 17.2. The van der Waals surface area contributed by atoms with E-state index in [1.165, 1.54) is 34.2 Å². The molecule has 1 aromatic heterocycles. The molecule has 4 rings (SSSR count). The van der Waals surface area contributed by atoms with E-state index in [9.17, 15) is 9.90 Å². The second-order valence-corrected chi connectivity index (χ2v) is 6.45. The molecule has 1 heterocycles. The van der Waals surface area contributed by atoms with Crippen LogP contribution in [0.25, 0.3) is 22.0 Å². The van der Waals surface area contributed by atoms with E-state index >= 15 is 0 Å². The molecule has 0 fully saturated rings. The molecule has 4 aromatic rings. The van der Waals surface area contributed by atoms with E-state index in [0.717, 1.165) is 11.3 Å². The van der Waals surface area contributed by atoms with Gasteiger partial charge in [-0.15, -0.1) is 11.3 Å². The first-order valence-electron chi connectivity index (χ1n) is 7.72. The number of fused-ring (bicyclic) bond motifs is 1. The van der Waals surface area contributed by atoms with Crippen LogP contribution >= 0.6 is 11.3 Å². The Morgan fingerprint density at radius 1 is 0.960 bits per heavy atom. The van der Waals surface area contributed by atoms with Crippen molar-refractivity contribution in [1.29, 1.82) is 0 Å². The van der Waals surface area contributed by atoms with E-state index in [-0.39, 0.29) is 5.56 Å². The van der Waals surface area contributed by atoms with Crippen molar-refractivity contribution >= 4 is 38.9 Å². The Morgan fingerprint density at radius 2 is 1.80 bits per heavy atom. The Kier molecular flexibility index (Phi) is 3.91. The van der Waals surface area contributed by atoms with Crippen LogP contribution in [0, 0.1) is 0 Å². The molecule has 0 bridgehead atoms. The molecule has 0 aliphatic rings. The summed E-state index contributed by atoms with van der Waals surface area (Å²) in [6.45, 7) is 0. The molecule has 0 saturated carbocycles. The number of carbonyl (C=O) groups excluding carboxylic acids is 1. The van der Waals surface area contributed by atoms with Gasteiger partial charge in [0, 0.05) is 16.6 Å². The highest BCUT2D eigenvalue weighted by molar-refractivity contribution is 7.14. The first-order chi connectivity index (χ1) is 12.2. The third-order valence-electron chi connectivity index (χ3n) is 3.90. The van der Waals surface area contributed by atoms with Gasteiger partial charge >= 0.3 is 0 Å². The lowest BCUT2D eigenvalue weighted by molar-refractivity contribution is -0.255. The second-order valence-electron chi connectivity index (χ2n) is 5.59. The fraction of sp³-hybridized carbons (Fsp3) is 0. The molecule has 0 amide bonds. The topological polar surface area (TPSA) is 65.0 Å². The number of hydrogen-bond acceptors (Lipinski definition) is 5.